The van der Waals surface area contributed by atoms with E-state index >= 15 is 0 Å². The number of hydrogen-bond donors (Lipinski definition) is 2. The van der Waals surface area contributed by atoms with Crippen LogP contribution in [0.4, 0.5) is 10.3 Å². The molecule has 1 amide bonds. The molecule has 1 fully saturated rings. The second kappa shape index (κ2) is 10.5. The average molecular weight is 515 g/mol. The molecule has 11 heteroatoms. The predicted octanol–water partition coefficient (Wildman–Crippen LogP) is 6.83. The van der Waals surface area contributed by atoms with Gasteiger partial charge in [0.2, 0.25) is 11.0 Å². The highest BCUT2D eigenvalue weighted by atomic mass is 35.5. The number of hydrogen-bond acceptors (Lipinski definition) is 8. The van der Waals surface area contributed by atoms with E-state index in [0.29, 0.717) is 21.2 Å². The number of amides is 1. The third-order valence-corrected chi connectivity index (χ3v) is 8.47. The Labute approximate surface area is 203 Å². The third kappa shape index (κ3) is 6.10. The number of thiazole rings is 1. The molecule has 1 aromatic carbocycles. The molecule has 3 aromatic rings. The van der Waals surface area contributed by atoms with Gasteiger partial charge in [0.15, 0.2) is 9.47 Å². The molecule has 2 heterocycles. The van der Waals surface area contributed by atoms with Gasteiger partial charge in [0, 0.05) is 17.0 Å². The summed E-state index contributed by atoms with van der Waals surface area (Å²) >= 11 is 16.3. The van der Waals surface area contributed by atoms with Crippen LogP contribution in [0.25, 0.3) is 11.3 Å². The number of halogens is 2. The van der Waals surface area contributed by atoms with Gasteiger partial charge >= 0.3 is 0 Å². The Morgan fingerprint density at radius 3 is 2.74 bits per heavy atom. The van der Waals surface area contributed by atoms with Crippen molar-refractivity contribution >= 4 is 73.8 Å². The Morgan fingerprint density at radius 1 is 1.16 bits per heavy atom. The zero-order valence-electron chi connectivity index (χ0n) is 16.7. The summed E-state index contributed by atoms with van der Waals surface area (Å²) in [6.07, 6.45) is 6.20. The van der Waals surface area contributed by atoms with Crippen molar-refractivity contribution < 1.29 is 4.79 Å². The quantitative estimate of drug-likeness (QED) is 0.337. The lowest BCUT2D eigenvalue weighted by Crippen LogP contribution is -2.22. The van der Waals surface area contributed by atoms with Crippen LogP contribution in [0.15, 0.2) is 27.9 Å². The van der Waals surface area contributed by atoms with E-state index < -0.39 is 0 Å². The van der Waals surface area contributed by atoms with E-state index in [1.807, 2.05) is 18.4 Å². The second-order valence-corrected chi connectivity index (χ2v) is 11.5. The summed E-state index contributed by atoms with van der Waals surface area (Å²) < 4.78 is 0.775. The molecule has 0 aliphatic heterocycles. The van der Waals surface area contributed by atoms with Crippen LogP contribution >= 0.6 is 57.6 Å². The maximum Gasteiger partial charge on any atom is 0.239 e. The van der Waals surface area contributed by atoms with Crippen LogP contribution in [0.5, 0.6) is 0 Å². The van der Waals surface area contributed by atoms with Crippen LogP contribution in [-0.4, -0.2) is 32.4 Å². The lowest BCUT2D eigenvalue weighted by Gasteiger charge is -2.21. The van der Waals surface area contributed by atoms with Gasteiger partial charge < -0.3 is 10.6 Å². The predicted molar refractivity (Wildman–Crippen MR) is 132 cm³/mol. The first-order valence-electron chi connectivity index (χ1n) is 9.96. The molecule has 31 heavy (non-hydrogen) atoms. The molecule has 6 nitrogen and oxygen atoms in total. The number of aromatic nitrogens is 3. The Hall–Kier alpha value is -1.39. The number of carbonyl (C=O) groups is 1. The molecule has 0 saturated heterocycles. The molecule has 1 saturated carbocycles. The number of carbonyl (C=O) groups excluding carboxylic acids is 1. The van der Waals surface area contributed by atoms with Crippen molar-refractivity contribution in [3.8, 4) is 11.3 Å². The summed E-state index contributed by atoms with van der Waals surface area (Å²) in [5, 5.41) is 18.7. The van der Waals surface area contributed by atoms with Gasteiger partial charge in [-0.25, -0.2) is 4.98 Å². The van der Waals surface area contributed by atoms with Crippen molar-refractivity contribution in [3.63, 3.8) is 0 Å². The van der Waals surface area contributed by atoms with Gasteiger partial charge in [-0.05, 0) is 31.9 Å². The van der Waals surface area contributed by atoms with Crippen LogP contribution < -0.4 is 10.6 Å². The van der Waals surface area contributed by atoms with Crippen molar-refractivity contribution in [1.29, 1.82) is 0 Å². The number of benzene rings is 1. The molecule has 1 aliphatic rings. The molecule has 4 rings (SSSR count). The first-order valence-corrected chi connectivity index (χ1v) is 13.3. The van der Waals surface area contributed by atoms with E-state index in [4.69, 9.17) is 23.2 Å². The lowest BCUT2D eigenvalue weighted by atomic mass is 9.96. The number of nitrogens with one attached hydrogen (secondary N) is 2. The minimum absolute atomic E-state index is 0.128. The SMILES string of the molecule is CC(Sc1nnc(NC2CCCCC2)s1)C(=O)Nc1nc(-c2ccc(Cl)c(Cl)c2)cs1. The van der Waals surface area contributed by atoms with Crippen LogP contribution in [0, 0.1) is 0 Å². The zero-order valence-corrected chi connectivity index (χ0v) is 20.7. The standard InChI is InChI=1S/C20H21Cl2N5OS3/c1-11(30-20-27-26-19(31-20)23-13-5-3-2-4-6-13)17(28)25-18-24-16(10-29-18)12-7-8-14(21)15(22)9-12/h7-11,13H,2-6H2,1H3,(H,23,26)(H,24,25,28). The smallest absolute Gasteiger partial charge is 0.239 e. The Kier molecular flexibility index (Phi) is 7.71. The summed E-state index contributed by atoms with van der Waals surface area (Å²) in [5.41, 5.74) is 1.59. The van der Waals surface area contributed by atoms with E-state index in [0.717, 1.165) is 20.7 Å². The van der Waals surface area contributed by atoms with E-state index in [9.17, 15) is 4.79 Å². The highest BCUT2D eigenvalue weighted by Crippen LogP contribution is 2.33. The summed E-state index contributed by atoms with van der Waals surface area (Å²) in [7, 11) is 0. The maximum atomic E-state index is 12.6. The highest BCUT2D eigenvalue weighted by molar-refractivity contribution is 8.02. The second-order valence-electron chi connectivity index (χ2n) is 7.27. The van der Waals surface area contributed by atoms with Crippen LogP contribution in [0.2, 0.25) is 10.0 Å². The summed E-state index contributed by atoms with van der Waals surface area (Å²) in [4.78, 5) is 17.1. The number of thioether (sulfide) groups is 1. The van der Waals surface area contributed by atoms with Crippen LogP contribution in [-0.2, 0) is 4.79 Å². The lowest BCUT2D eigenvalue weighted by molar-refractivity contribution is -0.115. The van der Waals surface area contributed by atoms with E-state index in [1.54, 1.807) is 12.1 Å². The zero-order chi connectivity index (χ0) is 21.8. The molecule has 2 N–H and O–H groups in total. The van der Waals surface area contributed by atoms with Gasteiger partial charge in [0.25, 0.3) is 0 Å². The van der Waals surface area contributed by atoms with Crippen molar-refractivity contribution in [2.75, 3.05) is 10.6 Å². The Bertz CT molecular complexity index is 1050. The molecular formula is C20H21Cl2N5OS3. The first kappa shape index (κ1) is 22.8. The molecule has 0 spiro atoms. The minimum atomic E-state index is -0.326. The fourth-order valence-corrected chi connectivity index (χ4v) is 6.26. The van der Waals surface area contributed by atoms with Crippen LogP contribution in [0.1, 0.15) is 39.0 Å². The molecule has 164 valence electrons. The number of rotatable bonds is 7. The number of anilines is 2. The molecule has 0 radical (unpaired) electrons. The van der Waals surface area contributed by atoms with E-state index in [-0.39, 0.29) is 11.2 Å². The minimum Gasteiger partial charge on any atom is -0.357 e. The summed E-state index contributed by atoms with van der Waals surface area (Å²) in [6.45, 7) is 1.85. The topological polar surface area (TPSA) is 79.8 Å². The van der Waals surface area contributed by atoms with E-state index in [1.165, 1.54) is 66.5 Å². The van der Waals surface area contributed by atoms with Gasteiger partial charge in [0.1, 0.15) is 0 Å². The molecular weight excluding hydrogens is 493 g/mol. The Balaban J connectivity index is 1.32. The molecule has 1 unspecified atom stereocenters. The molecule has 0 bridgehead atoms. The largest absolute Gasteiger partial charge is 0.357 e. The molecule has 1 aliphatic carbocycles. The van der Waals surface area contributed by atoms with Gasteiger partial charge in [-0.3, -0.25) is 4.79 Å². The van der Waals surface area contributed by atoms with Crippen molar-refractivity contribution in [3.05, 3.63) is 33.6 Å². The van der Waals surface area contributed by atoms with Crippen molar-refractivity contribution in [1.82, 2.24) is 15.2 Å². The molecule has 2 aromatic heterocycles. The summed E-state index contributed by atoms with van der Waals surface area (Å²) in [5.74, 6) is -0.128. The van der Waals surface area contributed by atoms with Gasteiger partial charge in [-0.2, -0.15) is 0 Å². The van der Waals surface area contributed by atoms with Crippen LogP contribution in [0.3, 0.4) is 0 Å². The summed E-state index contributed by atoms with van der Waals surface area (Å²) in [6, 6.07) is 5.82. The normalized spacial score (nSPS) is 15.6. The highest BCUT2D eigenvalue weighted by Gasteiger charge is 2.20. The average Bonchev–Trinajstić information content (AvgIpc) is 3.40. The van der Waals surface area contributed by atoms with Gasteiger partial charge in [-0.1, -0.05) is 71.6 Å². The monoisotopic (exact) mass is 513 g/mol. The Morgan fingerprint density at radius 2 is 1.97 bits per heavy atom. The third-order valence-electron chi connectivity index (χ3n) is 4.94. The van der Waals surface area contributed by atoms with Crippen molar-refractivity contribution in [2.24, 2.45) is 0 Å². The molecule has 1 atom stereocenters. The fourth-order valence-electron chi connectivity index (χ4n) is 3.27. The van der Waals surface area contributed by atoms with Gasteiger partial charge in [-0.15, -0.1) is 21.5 Å². The first-order chi connectivity index (χ1) is 15.0. The van der Waals surface area contributed by atoms with Gasteiger partial charge in [0.05, 0.1) is 21.0 Å². The van der Waals surface area contributed by atoms with E-state index in [2.05, 4.69) is 25.8 Å². The fraction of sp³-hybridized carbons (Fsp3) is 0.400. The number of nitrogens with zero attached hydrogens (tertiary/aromatic N) is 3. The maximum absolute atomic E-state index is 12.6. The van der Waals surface area contributed by atoms with Crippen molar-refractivity contribution in [2.45, 2.75) is 54.7 Å².